The molecule has 5 nitrogen and oxygen atoms in total. The summed E-state index contributed by atoms with van der Waals surface area (Å²) in [6.07, 6.45) is 1.91. The van der Waals surface area contributed by atoms with Gasteiger partial charge in [0.1, 0.15) is 0 Å². The van der Waals surface area contributed by atoms with Crippen LogP contribution in [-0.4, -0.2) is 33.4 Å². The predicted octanol–water partition coefficient (Wildman–Crippen LogP) is 2.01. The molecule has 118 valence electrons. The van der Waals surface area contributed by atoms with Crippen molar-refractivity contribution in [1.29, 1.82) is 0 Å². The van der Waals surface area contributed by atoms with Gasteiger partial charge >= 0.3 is 0 Å². The largest absolute Gasteiger partial charge is 0.393 e. The van der Waals surface area contributed by atoms with Gasteiger partial charge < -0.3 is 10.4 Å². The zero-order valence-electron chi connectivity index (χ0n) is 13.3. The Labute approximate surface area is 131 Å². The number of aromatic nitrogens is 2. The third-order valence-electron chi connectivity index (χ3n) is 3.66. The zero-order chi connectivity index (χ0) is 16.1. The predicted molar refractivity (Wildman–Crippen MR) is 85.8 cm³/mol. The number of hydrogen-bond donors (Lipinski definition) is 2. The van der Waals surface area contributed by atoms with E-state index in [4.69, 9.17) is 0 Å². The average Bonchev–Trinajstić information content (AvgIpc) is 2.82. The Morgan fingerprint density at radius 2 is 2.05 bits per heavy atom. The molecule has 2 N–H and O–H groups in total. The number of benzene rings is 1. The molecule has 0 aliphatic rings. The van der Waals surface area contributed by atoms with Crippen LogP contribution < -0.4 is 5.32 Å². The highest BCUT2D eigenvalue weighted by atomic mass is 16.3. The normalized spacial score (nSPS) is 13.6. The summed E-state index contributed by atoms with van der Waals surface area (Å²) < 4.78 is 1.63. The lowest BCUT2D eigenvalue weighted by Gasteiger charge is -2.19. The molecule has 0 saturated heterocycles. The van der Waals surface area contributed by atoms with Gasteiger partial charge in [-0.05, 0) is 25.8 Å². The summed E-state index contributed by atoms with van der Waals surface area (Å²) in [5, 5.41) is 16.8. The van der Waals surface area contributed by atoms with Gasteiger partial charge in [-0.2, -0.15) is 5.10 Å². The first-order valence-corrected chi connectivity index (χ1v) is 7.49. The molecule has 2 rings (SSSR count). The average molecular weight is 301 g/mol. The molecule has 2 unspecified atom stereocenters. The van der Waals surface area contributed by atoms with E-state index in [9.17, 15) is 9.90 Å². The Morgan fingerprint density at radius 3 is 2.59 bits per heavy atom. The Bertz CT molecular complexity index is 620. The van der Waals surface area contributed by atoms with Crippen LogP contribution in [-0.2, 0) is 7.05 Å². The van der Waals surface area contributed by atoms with Gasteiger partial charge in [0.15, 0.2) is 0 Å². The summed E-state index contributed by atoms with van der Waals surface area (Å²) in [6.45, 7) is 4.07. The number of hydrogen-bond acceptors (Lipinski definition) is 3. The van der Waals surface area contributed by atoms with Crippen molar-refractivity contribution >= 4 is 5.91 Å². The van der Waals surface area contributed by atoms with Crippen molar-refractivity contribution in [1.82, 2.24) is 15.1 Å². The van der Waals surface area contributed by atoms with Gasteiger partial charge in [-0.3, -0.25) is 9.48 Å². The molecule has 2 atom stereocenters. The van der Waals surface area contributed by atoms with Crippen molar-refractivity contribution in [2.45, 2.75) is 32.3 Å². The third kappa shape index (κ3) is 4.18. The molecule has 0 aliphatic carbocycles. The van der Waals surface area contributed by atoms with E-state index in [1.54, 1.807) is 24.9 Å². The monoisotopic (exact) mass is 301 g/mol. The molecule has 1 heterocycles. The van der Waals surface area contributed by atoms with Crippen LogP contribution in [0.2, 0.25) is 0 Å². The number of amides is 1. The van der Waals surface area contributed by atoms with Crippen LogP contribution in [0.25, 0.3) is 0 Å². The van der Waals surface area contributed by atoms with Crippen molar-refractivity contribution in [2.24, 2.45) is 7.05 Å². The van der Waals surface area contributed by atoms with E-state index in [0.717, 1.165) is 5.56 Å². The molecule has 0 saturated carbocycles. The van der Waals surface area contributed by atoms with Crippen molar-refractivity contribution < 1.29 is 9.90 Å². The van der Waals surface area contributed by atoms with Gasteiger partial charge in [-0.1, -0.05) is 30.3 Å². The Morgan fingerprint density at radius 1 is 1.36 bits per heavy atom. The van der Waals surface area contributed by atoms with Gasteiger partial charge in [-0.25, -0.2) is 0 Å². The molecule has 0 aliphatic heterocycles. The van der Waals surface area contributed by atoms with Gasteiger partial charge in [0.05, 0.1) is 17.4 Å². The van der Waals surface area contributed by atoms with E-state index >= 15 is 0 Å². The molecule has 0 radical (unpaired) electrons. The smallest absolute Gasteiger partial charge is 0.254 e. The van der Waals surface area contributed by atoms with E-state index < -0.39 is 6.10 Å². The van der Waals surface area contributed by atoms with Crippen molar-refractivity contribution in [3.8, 4) is 0 Å². The number of aliphatic hydroxyl groups is 1. The third-order valence-corrected chi connectivity index (χ3v) is 3.66. The maximum absolute atomic E-state index is 12.3. The van der Waals surface area contributed by atoms with E-state index in [1.807, 2.05) is 37.3 Å². The summed E-state index contributed by atoms with van der Waals surface area (Å²) in [6, 6.07) is 9.94. The number of carbonyl (C=O) groups is 1. The number of aryl methyl sites for hydroxylation is 2. The second kappa shape index (κ2) is 7.22. The van der Waals surface area contributed by atoms with Crippen molar-refractivity contribution in [2.75, 3.05) is 6.54 Å². The molecule has 0 spiro atoms. The first-order chi connectivity index (χ1) is 10.5. The van der Waals surface area contributed by atoms with Gasteiger partial charge in [0, 0.05) is 25.7 Å². The lowest BCUT2D eigenvalue weighted by atomic mass is 9.93. The van der Waals surface area contributed by atoms with Crippen molar-refractivity contribution in [3.05, 3.63) is 53.3 Å². The number of carbonyl (C=O) groups excluding carboxylic acids is 1. The number of aliphatic hydroxyl groups excluding tert-OH is 1. The molecule has 2 aromatic rings. The van der Waals surface area contributed by atoms with Crippen LogP contribution in [0, 0.1) is 6.92 Å². The lowest BCUT2D eigenvalue weighted by Crippen LogP contribution is -2.30. The minimum atomic E-state index is -0.415. The Balaban J connectivity index is 2.05. The summed E-state index contributed by atoms with van der Waals surface area (Å²) in [5.74, 6) is -0.0424. The van der Waals surface area contributed by atoms with Crippen LogP contribution in [0.1, 0.15) is 40.9 Å². The molecule has 1 amide bonds. The molecule has 5 heteroatoms. The number of nitrogens with one attached hydrogen (secondary N) is 1. The lowest BCUT2D eigenvalue weighted by molar-refractivity contribution is 0.0945. The molecule has 1 aromatic heterocycles. The van der Waals surface area contributed by atoms with E-state index in [2.05, 4.69) is 10.4 Å². The van der Waals surface area contributed by atoms with Gasteiger partial charge in [0.25, 0.3) is 5.91 Å². The highest BCUT2D eigenvalue weighted by Crippen LogP contribution is 2.20. The van der Waals surface area contributed by atoms with Crippen LogP contribution in [0.5, 0.6) is 0 Å². The van der Waals surface area contributed by atoms with E-state index in [-0.39, 0.29) is 11.8 Å². The Hall–Kier alpha value is -2.14. The van der Waals surface area contributed by atoms with Gasteiger partial charge in [0.2, 0.25) is 0 Å². The molecule has 0 fully saturated rings. The number of rotatable bonds is 6. The summed E-state index contributed by atoms with van der Waals surface area (Å²) in [5.41, 5.74) is 2.42. The summed E-state index contributed by atoms with van der Waals surface area (Å²) in [4.78, 5) is 12.3. The molecule has 0 bridgehead atoms. The summed E-state index contributed by atoms with van der Waals surface area (Å²) >= 11 is 0. The molecule has 1 aromatic carbocycles. The maximum Gasteiger partial charge on any atom is 0.254 e. The first-order valence-electron chi connectivity index (χ1n) is 7.49. The minimum Gasteiger partial charge on any atom is -0.393 e. The van der Waals surface area contributed by atoms with Crippen LogP contribution >= 0.6 is 0 Å². The molecular formula is C17H23N3O2. The minimum absolute atomic E-state index is 0.0853. The summed E-state index contributed by atoms with van der Waals surface area (Å²) in [7, 11) is 1.80. The standard InChI is InChI=1S/C17H23N3O2/c1-12(21)9-15(14-7-5-4-6-8-14)10-18-17(22)16-11-20(3)19-13(16)2/h4-8,11-12,15,21H,9-10H2,1-3H3,(H,18,22). The molecule has 22 heavy (non-hydrogen) atoms. The second-order valence-corrected chi connectivity index (χ2v) is 5.70. The first kappa shape index (κ1) is 16.2. The quantitative estimate of drug-likeness (QED) is 0.857. The van der Waals surface area contributed by atoms with E-state index in [1.165, 1.54) is 0 Å². The van der Waals surface area contributed by atoms with Crippen LogP contribution in [0.15, 0.2) is 36.5 Å². The fraction of sp³-hybridized carbons (Fsp3) is 0.412. The molecular weight excluding hydrogens is 278 g/mol. The fourth-order valence-electron chi connectivity index (χ4n) is 2.61. The highest BCUT2D eigenvalue weighted by molar-refractivity contribution is 5.95. The SMILES string of the molecule is Cc1nn(C)cc1C(=O)NCC(CC(C)O)c1ccccc1. The van der Waals surface area contributed by atoms with Crippen LogP contribution in [0.3, 0.4) is 0 Å². The Kier molecular flexibility index (Phi) is 5.33. The highest BCUT2D eigenvalue weighted by Gasteiger charge is 2.17. The second-order valence-electron chi connectivity index (χ2n) is 5.70. The topological polar surface area (TPSA) is 67.2 Å². The zero-order valence-corrected chi connectivity index (χ0v) is 13.3. The number of nitrogens with zero attached hydrogens (tertiary/aromatic N) is 2. The van der Waals surface area contributed by atoms with E-state index in [0.29, 0.717) is 24.2 Å². The maximum atomic E-state index is 12.3. The van der Waals surface area contributed by atoms with Crippen LogP contribution in [0.4, 0.5) is 0 Å². The fourth-order valence-corrected chi connectivity index (χ4v) is 2.61. The van der Waals surface area contributed by atoms with Gasteiger partial charge in [-0.15, -0.1) is 0 Å². The van der Waals surface area contributed by atoms with Crippen molar-refractivity contribution in [3.63, 3.8) is 0 Å².